The van der Waals surface area contributed by atoms with Crippen LogP contribution < -0.4 is 5.43 Å². The largest absolute Gasteiger partial charge is 0.464 e. The number of nitrogens with zero attached hydrogens (tertiary/aromatic N) is 1. The van der Waals surface area contributed by atoms with Crippen molar-refractivity contribution in [3.05, 3.63) is 35.4 Å². The lowest BCUT2D eigenvalue weighted by Gasteiger charge is -2.03. The highest BCUT2D eigenvalue weighted by Gasteiger charge is 2.06. The number of hydrogen-bond acceptors (Lipinski definition) is 4. The maximum Gasteiger partial charge on any atom is 0.425 e. The molecule has 0 aliphatic rings. The van der Waals surface area contributed by atoms with Gasteiger partial charge in [-0.1, -0.05) is 12.1 Å². The van der Waals surface area contributed by atoms with E-state index in [9.17, 15) is 9.59 Å². The van der Waals surface area contributed by atoms with Crippen molar-refractivity contribution in [1.82, 2.24) is 5.43 Å². The van der Waals surface area contributed by atoms with Gasteiger partial charge < -0.3 is 9.84 Å². The maximum atomic E-state index is 11.4. The predicted octanol–water partition coefficient (Wildman–Crippen LogP) is 1.85. The fraction of sp³-hybridized carbons (Fsp3) is 0.250. The topological polar surface area (TPSA) is 88.0 Å². The molecule has 18 heavy (non-hydrogen) atoms. The van der Waals surface area contributed by atoms with Crippen molar-refractivity contribution in [1.29, 1.82) is 0 Å². The molecular weight excluding hydrogens is 236 g/mol. The van der Waals surface area contributed by atoms with Gasteiger partial charge in [0, 0.05) is 0 Å². The zero-order valence-corrected chi connectivity index (χ0v) is 10.1. The molecule has 96 valence electrons. The molecule has 0 spiro atoms. The van der Waals surface area contributed by atoms with Gasteiger partial charge in [-0.05, 0) is 31.5 Å². The Morgan fingerprint density at radius 3 is 2.33 bits per heavy atom. The van der Waals surface area contributed by atoms with Gasteiger partial charge in [0.1, 0.15) is 0 Å². The van der Waals surface area contributed by atoms with Gasteiger partial charge in [-0.15, -0.1) is 0 Å². The van der Waals surface area contributed by atoms with Crippen molar-refractivity contribution in [3.8, 4) is 0 Å². The molecule has 1 rings (SSSR count). The molecule has 0 fully saturated rings. The highest BCUT2D eigenvalue weighted by molar-refractivity contribution is 6.00. The quantitative estimate of drug-likeness (QED) is 0.485. The zero-order valence-electron chi connectivity index (χ0n) is 10.1. The van der Waals surface area contributed by atoms with Crippen LogP contribution in [0, 0.1) is 0 Å². The average molecular weight is 250 g/mol. The Balaban J connectivity index is 2.79. The summed E-state index contributed by atoms with van der Waals surface area (Å²) >= 11 is 0. The average Bonchev–Trinajstić information content (AvgIpc) is 2.36. The maximum absolute atomic E-state index is 11.4. The summed E-state index contributed by atoms with van der Waals surface area (Å²) in [5.41, 5.74) is 3.58. The number of nitrogens with one attached hydrogen (secondary N) is 1. The number of carboxylic acid groups (broad SMARTS) is 1. The Labute approximate surface area is 104 Å². The van der Waals surface area contributed by atoms with Crippen LogP contribution in [0.2, 0.25) is 0 Å². The summed E-state index contributed by atoms with van der Waals surface area (Å²) in [6.07, 6.45) is -1.22. The third kappa shape index (κ3) is 3.89. The Hall–Kier alpha value is -2.37. The summed E-state index contributed by atoms with van der Waals surface area (Å²) < 4.78 is 4.85. The highest BCUT2D eigenvalue weighted by Crippen LogP contribution is 2.07. The third-order valence-corrected chi connectivity index (χ3v) is 2.13. The van der Waals surface area contributed by atoms with Gasteiger partial charge in [-0.2, -0.15) is 5.10 Å². The lowest BCUT2D eigenvalue weighted by atomic mass is 10.1. The minimum Gasteiger partial charge on any atom is -0.464 e. The molecule has 1 aromatic carbocycles. The van der Waals surface area contributed by atoms with Gasteiger partial charge in [0.15, 0.2) is 0 Å². The molecule has 0 saturated carbocycles. The van der Waals surface area contributed by atoms with Crippen LogP contribution >= 0.6 is 0 Å². The SMILES string of the molecule is CCOC(=O)c1ccc(C(C)=NNC(=O)O)cc1. The molecule has 0 saturated heterocycles. The molecule has 6 nitrogen and oxygen atoms in total. The second-order valence-electron chi connectivity index (χ2n) is 3.41. The Kier molecular flexibility index (Phi) is 4.86. The summed E-state index contributed by atoms with van der Waals surface area (Å²) in [5, 5.41) is 12.1. The van der Waals surface area contributed by atoms with Gasteiger partial charge in [-0.25, -0.2) is 15.0 Å². The van der Waals surface area contributed by atoms with Crippen molar-refractivity contribution in [2.24, 2.45) is 5.10 Å². The van der Waals surface area contributed by atoms with E-state index in [-0.39, 0.29) is 5.97 Å². The van der Waals surface area contributed by atoms with E-state index in [0.717, 1.165) is 5.56 Å². The van der Waals surface area contributed by atoms with E-state index in [2.05, 4.69) is 5.10 Å². The number of hydrogen-bond donors (Lipinski definition) is 2. The van der Waals surface area contributed by atoms with Crippen LogP contribution in [0.5, 0.6) is 0 Å². The van der Waals surface area contributed by atoms with E-state index < -0.39 is 6.09 Å². The van der Waals surface area contributed by atoms with Crippen molar-refractivity contribution in [2.75, 3.05) is 6.61 Å². The number of benzene rings is 1. The van der Waals surface area contributed by atoms with E-state index in [1.165, 1.54) is 0 Å². The molecule has 0 radical (unpaired) electrons. The standard InChI is InChI=1S/C12H14N2O4/c1-3-18-11(15)10-6-4-9(5-7-10)8(2)13-14-12(16)17/h4-7,14H,3H2,1-2H3,(H,16,17). The summed E-state index contributed by atoms with van der Waals surface area (Å²) in [6.45, 7) is 3.72. The molecule has 0 aromatic heterocycles. The first-order valence-corrected chi connectivity index (χ1v) is 5.35. The van der Waals surface area contributed by atoms with Gasteiger partial charge in [0.2, 0.25) is 0 Å². The van der Waals surface area contributed by atoms with E-state index in [1.807, 2.05) is 5.43 Å². The van der Waals surface area contributed by atoms with E-state index in [0.29, 0.717) is 17.9 Å². The number of carbonyl (C=O) groups is 2. The fourth-order valence-electron chi connectivity index (χ4n) is 1.26. The summed E-state index contributed by atoms with van der Waals surface area (Å²) in [6, 6.07) is 6.56. The molecule has 0 unspecified atom stereocenters. The van der Waals surface area contributed by atoms with Crippen LogP contribution in [0.3, 0.4) is 0 Å². The summed E-state index contributed by atoms with van der Waals surface area (Å²) in [7, 11) is 0. The molecule has 2 N–H and O–H groups in total. The third-order valence-electron chi connectivity index (χ3n) is 2.13. The Morgan fingerprint density at radius 2 is 1.83 bits per heavy atom. The molecule has 0 aliphatic carbocycles. The Morgan fingerprint density at radius 1 is 1.28 bits per heavy atom. The predicted molar refractivity (Wildman–Crippen MR) is 65.8 cm³/mol. The van der Waals surface area contributed by atoms with Crippen molar-refractivity contribution in [3.63, 3.8) is 0 Å². The smallest absolute Gasteiger partial charge is 0.425 e. The molecule has 0 bridgehead atoms. The van der Waals surface area contributed by atoms with Crippen LogP contribution in [0.4, 0.5) is 4.79 Å². The number of ether oxygens (including phenoxy) is 1. The number of rotatable bonds is 4. The first-order valence-electron chi connectivity index (χ1n) is 5.35. The van der Waals surface area contributed by atoms with Crippen LogP contribution in [0.1, 0.15) is 29.8 Å². The second kappa shape index (κ2) is 6.39. The zero-order chi connectivity index (χ0) is 13.5. The molecular formula is C12H14N2O4. The highest BCUT2D eigenvalue weighted by atomic mass is 16.5. The number of carbonyl (C=O) groups excluding carboxylic acids is 1. The molecule has 6 heteroatoms. The first-order chi connectivity index (χ1) is 8.54. The summed E-state index contributed by atoms with van der Waals surface area (Å²) in [4.78, 5) is 21.7. The second-order valence-corrected chi connectivity index (χ2v) is 3.41. The van der Waals surface area contributed by atoms with Crippen LogP contribution in [-0.4, -0.2) is 29.5 Å². The van der Waals surface area contributed by atoms with E-state index >= 15 is 0 Å². The molecule has 1 aromatic rings. The van der Waals surface area contributed by atoms with E-state index in [4.69, 9.17) is 9.84 Å². The lowest BCUT2D eigenvalue weighted by molar-refractivity contribution is 0.0526. The van der Waals surface area contributed by atoms with Crippen molar-refractivity contribution in [2.45, 2.75) is 13.8 Å². The molecule has 1 amide bonds. The molecule has 0 heterocycles. The first kappa shape index (κ1) is 13.7. The minimum absolute atomic E-state index is 0.323. The lowest BCUT2D eigenvalue weighted by Crippen LogP contribution is -2.16. The van der Waals surface area contributed by atoms with Gasteiger partial charge >= 0.3 is 12.1 Å². The van der Waals surface area contributed by atoms with Crippen LogP contribution in [0.15, 0.2) is 29.4 Å². The van der Waals surface area contributed by atoms with Gasteiger partial charge in [0.05, 0.1) is 17.9 Å². The molecule has 0 atom stereocenters. The van der Waals surface area contributed by atoms with Crippen LogP contribution in [0.25, 0.3) is 0 Å². The van der Waals surface area contributed by atoms with Crippen molar-refractivity contribution < 1.29 is 19.4 Å². The number of amides is 1. The van der Waals surface area contributed by atoms with Crippen LogP contribution in [-0.2, 0) is 4.74 Å². The normalized spacial score (nSPS) is 10.9. The summed E-state index contributed by atoms with van der Waals surface area (Å²) in [5.74, 6) is -0.387. The molecule has 0 aliphatic heterocycles. The van der Waals surface area contributed by atoms with Crippen molar-refractivity contribution >= 4 is 17.8 Å². The fourth-order valence-corrected chi connectivity index (χ4v) is 1.26. The van der Waals surface area contributed by atoms with Gasteiger partial charge in [0.25, 0.3) is 0 Å². The van der Waals surface area contributed by atoms with Gasteiger partial charge in [-0.3, -0.25) is 0 Å². The van der Waals surface area contributed by atoms with E-state index in [1.54, 1.807) is 38.1 Å². The number of esters is 1. The number of hydrazone groups is 1. The Bertz CT molecular complexity index is 465. The minimum atomic E-state index is -1.22. The monoisotopic (exact) mass is 250 g/mol.